The standard InChI is InChI=1S/C26H36O7S/c1-29-24-23-20(32-26(25(24)30-2)34-19-14-10-9-11-15-19)18-31-21(27)16-12-7-5-3-4-6-8-13-17-22(28)33-23/h3-4,9-11,14-15,20,23-26H,5-8,12-13,16-18H2,1-2H3/b4-3-/t20-,23-,24+,25-,26+/m1/s1. The number of fused-ring (bicyclic) bond motifs is 1. The molecule has 0 aromatic heterocycles. The lowest BCUT2D eigenvalue weighted by Crippen LogP contribution is -2.60. The normalized spacial score (nSPS) is 30.9. The van der Waals surface area contributed by atoms with Crippen molar-refractivity contribution in [2.24, 2.45) is 0 Å². The Balaban J connectivity index is 1.78. The highest BCUT2D eigenvalue weighted by Crippen LogP contribution is 2.37. The average Bonchev–Trinajstić information content (AvgIpc) is 2.84. The van der Waals surface area contributed by atoms with Gasteiger partial charge in [0.2, 0.25) is 0 Å². The van der Waals surface area contributed by atoms with Crippen LogP contribution in [-0.2, 0) is 33.3 Å². The highest BCUT2D eigenvalue weighted by atomic mass is 32.2. The molecule has 1 saturated heterocycles. The second-order valence-corrected chi connectivity index (χ2v) is 9.65. The number of carbonyl (C=O) groups is 2. The molecule has 5 atom stereocenters. The van der Waals surface area contributed by atoms with Crippen molar-refractivity contribution in [3.8, 4) is 0 Å². The predicted molar refractivity (Wildman–Crippen MR) is 129 cm³/mol. The number of benzene rings is 1. The first kappa shape index (κ1) is 26.7. The zero-order valence-electron chi connectivity index (χ0n) is 20.1. The Morgan fingerprint density at radius 2 is 1.50 bits per heavy atom. The van der Waals surface area contributed by atoms with Crippen LogP contribution in [0.3, 0.4) is 0 Å². The summed E-state index contributed by atoms with van der Waals surface area (Å²) < 4.78 is 29.3. The van der Waals surface area contributed by atoms with E-state index < -0.39 is 29.9 Å². The van der Waals surface area contributed by atoms with E-state index in [1.54, 1.807) is 14.2 Å². The molecule has 1 fully saturated rings. The molecule has 0 unspecified atom stereocenters. The first-order chi connectivity index (χ1) is 16.6. The molecule has 1 aromatic carbocycles. The molecule has 0 radical (unpaired) electrons. The van der Waals surface area contributed by atoms with E-state index in [4.69, 9.17) is 23.7 Å². The molecule has 0 aliphatic carbocycles. The number of carbonyl (C=O) groups excluding carboxylic acids is 2. The number of ether oxygens (including phenoxy) is 5. The highest BCUT2D eigenvalue weighted by Gasteiger charge is 2.49. The van der Waals surface area contributed by atoms with Crippen LogP contribution in [0.5, 0.6) is 0 Å². The van der Waals surface area contributed by atoms with Gasteiger partial charge in [0.25, 0.3) is 0 Å². The maximum absolute atomic E-state index is 12.7. The van der Waals surface area contributed by atoms with Gasteiger partial charge in [0.15, 0.2) is 6.10 Å². The van der Waals surface area contributed by atoms with Crippen LogP contribution in [0.15, 0.2) is 47.4 Å². The molecule has 0 bridgehead atoms. The van der Waals surface area contributed by atoms with Crippen molar-refractivity contribution in [2.75, 3.05) is 20.8 Å². The summed E-state index contributed by atoms with van der Waals surface area (Å²) in [6.07, 6.45) is 7.71. The number of esters is 2. The van der Waals surface area contributed by atoms with Gasteiger partial charge >= 0.3 is 11.9 Å². The molecule has 188 valence electrons. The average molecular weight is 493 g/mol. The number of cyclic esters (lactones) is 1. The van der Waals surface area contributed by atoms with Crippen LogP contribution in [0, 0.1) is 0 Å². The fraction of sp³-hybridized carbons (Fsp3) is 0.615. The first-order valence-electron chi connectivity index (χ1n) is 12.0. The third kappa shape index (κ3) is 8.12. The zero-order chi connectivity index (χ0) is 24.2. The Bertz CT molecular complexity index is 785. The highest BCUT2D eigenvalue weighted by molar-refractivity contribution is 7.99. The second kappa shape index (κ2) is 14.5. The van der Waals surface area contributed by atoms with E-state index in [1.165, 1.54) is 11.8 Å². The van der Waals surface area contributed by atoms with Crippen molar-refractivity contribution in [1.82, 2.24) is 0 Å². The van der Waals surface area contributed by atoms with Crippen molar-refractivity contribution in [1.29, 1.82) is 0 Å². The van der Waals surface area contributed by atoms with Crippen molar-refractivity contribution >= 4 is 23.7 Å². The van der Waals surface area contributed by atoms with Crippen LogP contribution in [0.2, 0.25) is 0 Å². The zero-order valence-corrected chi connectivity index (χ0v) is 20.9. The molecular weight excluding hydrogens is 456 g/mol. The minimum absolute atomic E-state index is 0.0151. The first-order valence-corrected chi connectivity index (χ1v) is 12.9. The van der Waals surface area contributed by atoms with Gasteiger partial charge in [0, 0.05) is 32.0 Å². The molecule has 8 heteroatoms. The van der Waals surface area contributed by atoms with E-state index in [1.807, 2.05) is 30.3 Å². The minimum Gasteiger partial charge on any atom is -0.463 e. The summed E-state index contributed by atoms with van der Waals surface area (Å²) in [6.45, 7) is -0.0151. The quantitative estimate of drug-likeness (QED) is 0.443. The van der Waals surface area contributed by atoms with Crippen LogP contribution in [0.1, 0.15) is 51.4 Å². The maximum atomic E-state index is 12.7. The molecule has 0 amide bonds. The van der Waals surface area contributed by atoms with Gasteiger partial charge in [-0.05, 0) is 50.7 Å². The van der Waals surface area contributed by atoms with E-state index in [2.05, 4.69) is 12.2 Å². The van der Waals surface area contributed by atoms with Crippen molar-refractivity contribution in [2.45, 2.75) is 86.1 Å². The minimum atomic E-state index is -0.751. The maximum Gasteiger partial charge on any atom is 0.306 e. The molecule has 0 spiro atoms. The summed E-state index contributed by atoms with van der Waals surface area (Å²) in [5.41, 5.74) is -0.434. The van der Waals surface area contributed by atoms with Crippen molar-refractivity contribution < 1.29 is 33.3 Å². The SMILES string of the molecule is CO[C@@H]1[C@@H](OC)[C@H](Sc2ccccc2)O[C@@H]2COC(=O)CCCC/C=C\CCCCC(=O)O[C@@H]12. The Hall–Kier alpha value is -1.87. The summed E-state index contributed by atoms with van der Waals surface area (Å²) in [4.78, 5) is 26.0. The summed E-state index contributed by atoms with van der Waals surface area (Å²) in [5.74, 6) is -0.596. The Morgan fingerprint density at radius 3 is 2.15 bits per heavy atom. The number of hydrogen-bond acceptors (Lipinski definition) is 8. The van der Waals surface area contributed by atoms with Gasteiger partial charge in [-0.3, -0.25) is 9.59 Å². The third-order valence-corrected chi connectivity index (χ3v) is 7.13. The molecule has 7 nitrogen and oxygen atoms in total. The van der Waals surface area contributed by atoms with Gasteiger partial charge in [-0.25, -0.2) is 0 Å². The number of allylic oxidation sites excluding steroid dienone is 2. The monoisotopic (exact) mass is 492 g/mol. The number of hydrogen-bond donors (Lipinski definition) is 0. The van der Waals surface area contributed by atoms with E-state index in [0.29, 0.717) is 12.8 Å². The summed E-state index contributed by atoms with van der Waals surface area (Å²) in [6, 6.07) is 9.84. The number of methoxy groups -OCH3 is 2. The number of rotatable bonds is 4. The van der Waals surface area contributed by atoms with Crippen molar-refractivity contribution in [3.05, 3.63) is 42.5 Å². The van der Waals surface area contributed by atoms with Crippen LogP contribution in [0.4, 0.5) is 0 Å². The lowest BCUT2D eigenvalue weighted by Gasteiger charge is -2.44. The molecule has 0 N–H and O–H groups in total. The Kier molecular flexibility index (Phi) is 11.4. The van der Waals surface area contributed by atoms with Gasteiger partial charge in [-0.15, -0.1) is 0 Å². The summed E-state index contributed by atoms with van der Waals surface area (Å²) >= 11 is 1.50. The van der Waals surface area contributed by atoms with Gasteiger partial charge < -0.3 is 23.7 Å². The molecule has 2 aliphatic heterocycles. The van der Waals surface area contributed by atoms with Gasteiger partial charge in [0.05, 0.1) is 0 Å². The molecule has 34 heavy (non-hydrogen) atoms. The predicted octanol–water partition coefficient (Wildman–Crippen LogP) is 4.68. The van der Waals surface area contributed by atoms with Crippen LogP contribution in [0.25, 0.3) is 0 Å². The molecular formula is C26H36O7S. The van der Waals surface area contributed by atoms with E-state index >= 15 is 0 Å². The summed E-state index contributed by atoms with van der Waals surface area (Å²) in [5, 5.41) is 0. The van der Waals surface area contributed by atoms with Gasteiger partial charge in [-0.1, -0.05) is 42.1 Å². The smallest absolute Gasteiger partial charge is 0.306 e. The molecule has 1 aromatic rings. The lowest BCUT2D eigenvalue weighted by molar-refractivity contribution is -0.234. The molecule has 3 rings (SSSR count). The Labute approximate surface area is 206 Å². The Morgan fingerprint density at radius 1 is 0.853 bits per heavy atom. The largest absolute Gasteiger partial charge is 0.463 e. The van der Waals surface area contributed by atoms with E-state index in [9.17, 15) is 9.59 Å². The molecule has 2 heterocycles. The van der Waals surface area contributed by atoms with Crippen LogP contribution < -0.4 is 0 Å². The molecule has 2 aliphatic rings. The van der Waals surface area contributed by atoms with E-state index in [0.717, 1.165) is 43.4 Å². The molecule has 0 saturated carbocycles. The van der Waals surface area contributed by atoms with Crippen LogP contribution >= 0.6 is 11.8 Å². The summed E-state index contributed by atoms with van der Waals surface area (Å²) in [7, 11) is 3.16. The fourth-order valence-corrected chi connectivity index (χ4v) is 5.34. The second-order valence-electron chi connectivity index (χ2n) is 8.47. The van der Waals surface area contributed by atoms with Gasteiger partial charge in [-0.2, -0.15) is 0 Å². The fourth-order valence-electron chi connectivity index (χ4n) is 4.16. The van der Waals surface area contributed by atoms with Gasteiger partial charge in [0.1, 0.15) is 30.4 Å². The third-order valence-electron chi connectivity index (χ3n) is 5.98. The van der Waals surface area contributed by atoms with Crippen molar-refractivity contribution in [3.63, 3.8) is 0 Å². The van der Waals surface area contributed by atoms with E-state index in [-0.39, 0.29) is 18.5 Å². The number of thioether (sulfide) groups is 1. The van der Waals surface area contributed by atoms with Crippen LogP contribution in [-0.4, -0.2) is 62.6 Å². The topological polar surface area (TPSA) is 80.3 Å². The lowest BCUT2D eigenvalue weighted by atomic mass is 9.99.